The molecule has 8 heteroatoms. The number of benzene rings is 1. The molecule has 1 aliphatic rings. The van der Waals surface area contributed by atoms with Gasteiger partial charge < -0.3 is 9.84 Å². The summed E-state index contributed by atoms with van der Waals surface area (Å²) in [5.41, 5.74) is 0.457. The Morgan fingerprint density at radius 3 is 2.44 bits per heavy atom. The van der Waals surface area contributed by atoms with Gasteiger partial charge in [-0.3, -0.25) is 14.4 Å². The van der Waals surface area contributed by atoms with Gasteiger partial charge in [0.25, 0.3) is 5.91 Å². The summed E-state index contributed by atoms with van der Waals surface area (Å²) >= 11 is 0. The van der Waals surface area contributed by atoms with Gasteiger partial charge in [-0.05, 0) is 38.8 Å². The average molecular weight is 376 g/mol. The Labute approximate surface area is 157 Å². The summed E-state index contributed by atoms with van der Waals surface area (Å²) in [5, 5.41) is 11.6. The van der Waals surface area contributed by atoms with Gasteiger partial charge in [-0.2, -0.15) is 0 Å². The molecule has 0 spiro atoms. The third-order valence-electron chi connectivity index (χ3n) is 4.02. The van der Waals surface area contributed by atoms with E-state index in [0.29, 0.717) is 12.0 Å². The second-order valence-corrected chi connectivity index (χ2v) is 7.34. The number of hydrazine groups is 1. The molecule has 2 amide bonds. The average Bonchev–Trinajstić information content (AvgIpc) is 2.54. The van der Waals surface area contributed by atoms with Crippen LogP contribution in [0, 0.1) is 0 Å². The topological polar surface area (TPSA) is 104 Å². The van der Waals surface area contributed by atoms with Crippen LogP contribution in [0.1, 0.15) is 50.0 Å². The summed E-state index contributed by atoms with van der Waals surface area (Å²) in [6, 6.07) is 5.43. The molecule has 27 heavy (non-hydrogen) atoms. The largest absolute Gasteiger partial charge is 0.480 e. The van der Waals surface area contributed by atoms with Crippen LogP contribution < -0.4 is 0 Å². The number of aliphatic carboxylic acids is 1. The van der Waals surface area contributed by atoms with E-state index >= 15 is 0 Å². The number of esters is 1. The Bertz CT molecular complexity index is 768. The minimum Gasteiger partial charge on any atom is -0.480 e. The van der Waals surface area contributed by atoms with Crippen LogP contribution in [0.15, 0.2) is 24.3 Å². The number of carboxylic acids is 1. The molecule has 1 aromatic carbocycles. The number of carbonyl (C=O) groups excluding carboxylic acids is 3. The van der Waals surface area contributed by atoms with Crippen molar-refractivity contribution in [2.45, 2.75) is 52.2 Å². The van der Waals surface area contributed by atoms with Crippen molar-refractivity contribution in [3.8, 4) is 0 Å². The van der Waals surface area contributed by atoms with Crippen LogP contribution in [-0.4, -0.2) is 57.1 Å². The molecule has 0 aromatic heterocycles. The molecule has 1 N–H and O–H groups in total. The van der Waals surface area contributed by atoms with E-state index in [-0.39, 0.29) is 6.54 Å². The van der Waals surface area contributed by atoms with Crippen LogP contribution in [0.5, 0.6) is 0 Å². The van der Waals surface area contributed by atoms with E-state index in [1.165, 1.54) is 6.92 Å². The van der Waals surface area contributed by atoms with E-state index in [4.69, 9.17) is 4.74 Å². The van der Waals surface area contributed by atoms with Gasteiger partial charge in [0, 0.05) is 19.0 Å². The van der Waals surface area contributed by atoms with Crippen LogP contribution in [0.4, 0.5) is 0 Å². The lowest BCUT2D eigenvalue weighted by Crippen LogP contribution is -2.58. The lowest BCUT2D eigenvalue weighted by atomic mass is 10.00. The van der Waals surface area contributed by atoms with Crippen molar-refractivity contribution in [1.29, 1.82) is 0 Å². The maximum absolute atomic E-state index is 12.8. The predicted octanol–water partition coefficient (Wildman–Crippen LogP) is 1.63. The highest BCUT2D eigenvalue weighted by molar-refractivity contribution is 5.98. The van der Waals surface area contributed by atoms with E-state index in [9.17, 15) is 24.3 Å². The van der Waals surface area contributed by atoms with Crippen LogP contribution >= 0.6 is 0 Å². The first-order valence-corrected chi connectivity index (χ1v) is 8.65. The molecule has 0 aliphatic carbocycles. The quantitative estimate of drug-likeness (QED) is 0.784. The predicted molar refractivity (Wildman–Crippen MR) is 95.6 cm³/mol. The summed E-state index contributed by atoms with van der Waals surface area (Å²) < 4.78 is 5.18. The highest BCUT2D eigenvalue weighted by atomic mass is 16.6. The normalized spacial score (nSPS) is 15.0. The molecular weight excluding hydrogens is 352 g/mol. The van der Waals surface area contributed by atoms with Gasteiger partial charge in [0.1, 0.15) is 5.60 Å². The molecule has 2 rings (SSSR count). The minimum absolute atomic E-state index is 0.146. The van der Waals surface area contributed by atoms with Crippen LogP contribution in [0.25, 0.3) is 0 Å². The highest BCUT2D eigenvalue weighted by Gasteiger charge is 2.39. The fourth-order valence-electron chi connectivity index (χ4n) is 3.00. The maximum atomic E-state index is 12.8. The Kier molecular flexibility index (Phi) is 5.88. The van der Waals surface area contributed by atoms with Crippen molar-refractivity contribution >= 4 is 23.8 Å². The standard InChI is InChI=1S/C19H24N2O6/c1-12(22)21(15(18(25)26)11-16(23)27-19(2,3)4)20-10-9-13-7-5-6-8-14(13)17(20)24/h5-8,15H,9-11H2,1-4H3,(H,25,26)/t15-/m0/s1. The Morgan fingerprint density at radius 1 is 1.26 bits per heavy atom. The number of hydrogen-bond acceptors (Lipinski definition) is 5. The number of carbonyl (C=O) groups is 4. The SMILES string of the molecule is CC(=O)N([C@@H](CC(=O)OC(C)(C)C)C(=O)O)N1CCc2ccccc2C1=O. The first kappa shape index (κ1) is 20.4. The number of nitrogens with zero attached hydrogens (tertiary/aromatic N) is 2. The lowest BCUT2D eigenvalue weighted by molar-refractivity contribution is -0.170. The van der Waals surface area contributed by atoms with E-state index in [1.807, 2.05) is 12.1 Å². The first-order chi connectivity index (χ1) is 12.5. The second-order valence-electron chi connectivity index (χ2n) is 7.34. The second kappa shape index (κ2) is 7.77. The van der Waals surface area contributed by atoms with Crippen molar-refractivity contribution in [3.63, 3.8) is 0 Å². The molecule has 1 atom stereocenters. The van der Waals surface area contributed by atoms with Crippen molar-refractivity contribution < 1.29 is 29.0 Å². The van der Waals surface area contributed by atoms with Gasteiger partial charge in [-0.1, -0.05) is 18.2 Å². The molecule has 146 valence electrons. The Morgan fingerprint density at radius 2 is 1.89 bits per heavy atom. The summed E-state index contributed by atoms with van der Waals surface area (Å²) in [5.74, 6) is -3.25. The van der Waals surface area contributed by atoms with Crippen molar-refractivity contribution in [2.75, 3.05) is 6.54 Å². The van der Waals surface area contributed by atoms with E-state index in [2.05, 4.69) is 0 Å². The zero-order valence-corrected chi connectivity index (χ0v) is 15.9. The number of hydrogen-bond donors (Lipinski definition) is 1. The minimum atomic E-state index is -1.54. The van der Waals surface area contributed by atoms with E-state index < -0.39 is 41.8 Å². The van der Waals surface area contributed by atoms with Gasteiger partial charge >= 0.3 is 11.9 Å². The molecule has 1 aliphatic heterocycles. The van der Waals surface area contributed by atoms with Gasteiger partial charge in [-0.15, -0.1) is 0 Å². The third kappa shape index (κ3) is 4.84. The fourth-order valence-corrected chi connectivity index (χ4v) is 3.00. The molecule has 0 bridgehead atoms. The summed E-state index contributed by atoms with van der Waals surface area (Å²) in [6.45, 7) is 6.30. The van der Waals surface area contributed by atoms with Crippen LogP contribution in [0.3, 0.4) is 0 Å². The number of fused-ring (bicyclic) bond motifs is 1. The first-order valence-electron chi connectivity index (χ1n) is 8.65. The summed E-state index contributed by atoms with van der Waals surface area (Å²) in [6.07, 6.45) is -0.0813. The van der Waals surface area contributed by atoms with Crippen LogP contribution in [0.2, 0.25) is 0 Å². The number of amides is 2. The maximum Gasteiger partial charge on any atom is 0.329 e. The zero-order chi connectivity index (χ0) is 20.4. The van der Waals surface area contributed by atoms with Crippen molar-refractivity contribution in [2.24, 2.45) is 0 Å². The molecular formula is C19H24N2O6. The number of rotatable bonds is 5. The fraction of sp³-hybridized carbons (Fsp3) is 0.474. The molecule has 0 fully saturated rings. The molecule has 1 aromatic rings. The summed E-state index contributed by atoms with van der Waals surface area (Å²) in [7, 11) is 0. The third-order valence-corrected chi connectivity index (χ3v) is 4.02. The lowest BCUT2D eigenvalue weighted by Gasteiger charge is -2.40. The van der Waals surface area contributed by atoms with E-state index in [1.54, 1.807) is 32.9 Å². The zero-order valence-electron chi connectivity index (χ0n) is 15.9. The van der Waals surface area contributed by atoms with Gasteiger partial charge in [-0.25, -0.2) is 14.8 Å². The molecule has 0 saturated carbocycles. The molecule has 0 unspecified atom stereocenters. The highest BCUT2D eigenvalue weighted by Crippen LogP contribution is 2.23. The smallest absolute Gasteiger partial charge is 0.329 e. The molecule has 0 radical (unpaired) electrons. The van der Waals surface area contributed by atoms with Crippen LogP contribution in [-0.2, 0) is 25.5 Å². The molecule has 0 saturated heterocycles. The number of carboxylic acid groups (broad SMARTS) is 1. The monoisotopic (exact) mass is 376 g/mol. The van der Waals surface area contributed by atoms with Crippen molar-refractivity contribution in [3.05, 3.63) is 35.4 Å². The molecule has 1 heterocycles. The van der Waals surface area contributed by atoms with Gasteiger partial charge in [0.15, 0.2) is 6.04 Å². The number of ether oxygens (including phenoxy) is 1. The Hall–Kier alpha value is -2.90. The summed E-state index contributed by atoms with van der Waals surface area (Å²) in [4.78, 5) is 49.0. The molecule has 8 nitrogen and oxygen atoms in total. The van der Waals surface area contributed by atoms with Gasteiger partial charge in [0.05, 0.1) is 6.42 Å². The Balaban J connectivity index is 2.31. The van der Waals surface area contributed by atoms with E-state index in [0.717, 1.165) is 15.6 Å². The van der Waals surface area contributed by atoms with Crippen molar-refractivity contribution in [1.82, 2.24) is 10.0 Å². The van der Waals surface area contributed by atoms with Gasteiger partial charge in [0.2, 0.25) is 5.91 Å².